The third-order valence-corrected chi connectivity index (χ3v) is 5.80. The van der Waals surface area contributed by atoms with Gasteiger partial charge in [-0.2, -0.15) is 11.8 Å². The predicted octanol–water partition coefficient (Wildman–Crippen LogP) is -0.0139. The second kappa shape index (κ2) is 12.3. The largest absolute Gasteiger partial charge is 0.480 e. The summed E-state index contributed by atoms with van der Waals surface area (Å²) in [5, 5.41) is 14.6. The Balaban J connectivity index is 1.91. The monoisotopic (exact) mass is 450 g/mol. The average molecular weight is 451 g/mol. The first-order valence-electron chi connectivity index (χ1n) is 10.2. The maximum Gasteiger partial charge on any atom is 0.326 e. The number of carboxylic acid groups (broad SMARTS) is 1. The van der Waals surface area contributed by atoms with E-state index in [9.17, 15) is 24.3 Å². The third-order valence-electron chi connectivity index (χ3n) is 5.16. The van der Waals surface area contributed by atoms with Crippen LogP contribution in [0.25, 0.3) is 0 Å². The molecular weight excluding hydrogens is 420 g/mol. The number of benzene rings is 1. The molecule has 0 bridgehead atoms. The fourth-order valence-corrected chi connectivity index (χ4v) is 3.92. The molecule has 9 nitrogen and oxygen atoms in total. The molecule has 0 saturated carbocycles. The van der Waals surface area contributed by atoms with Crippen LogP contribution in [0.3, 0.4) is 0 Å². The van der Waals surface area contributed by atoms with E-state index in [1.807, 2.05) is 12.3 Å². The van der Waals surface area contributed by atoms with E-state index in [4.69, 9.17) is 5.73 Å². The van der Waals surface area contributed by atoms with Gasteiger partial charge in [0.2, 0.25) is 17.7 Å². The number of rotatable bonds is 11. The van der Waals surface area contributed by atoms with Gasteiger partial charge in [-0.05, 0) is 36.8 Å². The highest BCUT2D eigenvalue weighted by molar-refractivity contribution is 7.98. The zero-order chi connectivity index (χ0) is 22.8. The number of hydrogen-bond donors (Lipinski definition) is 4. The summed E-state index contributed by atoms with van der Waals surface area (Å²) in [7, 11) is 0. The van der Waals surface area contributed by atoms with Crippen LogP contribution in [0.2, 0.25) is 0 Å². The van der Waals surface area contributed by atoms with Gasteiger partial charge in [-0.1, -0.05) is 30.3 Å². The van der Waals surface area contributed by atoms with Crippen molar-refractivity contribution in [3.05, 3.63) is 35.9 Å². The summed E-state index contributed by atoms with van der Waals surface area (Å²) < 4.78 is 0. The number of nitrogens with zero attached hydrogens (tertiary/aromatic N) is 1. The molecule has 1 aromatic carbocycles. The Labute approximate surface area is 186 Å². The Bertz CT molecular complexity index is 776. The van der Waals surface area contributed by atoms with Gasteiger partial charge in [-0.25, -0.2) is 4.79 Å². The fourth-order valence-electron chi connectivity index (χ4n) is 3.43. The number of amides is 3. The van der Waals surface area contributed by atoms with Crippen molar-refractivity contribution in [2.24, 2.45) is 5.73 Å². The number of carboxylic acids is 1. The molecule has 1 aromatic rings. The summed E-state index contributed by atoms with van der Waals surface area (Å²) in [5.74, 6) is -1.70. The van der Waals surface area contributed by atoms with Crippen LogP contribution in [0, 0.1) is 0 Å². The van der Waals surface area contributed by atoms with Crippen molar-refractivity contribution in [1.29, 1.82) is 0 Å². The summed E-state index contributed by atoms with van der Waals surface area (Å²) in [6, 6.07) is 6.47. The van der Waals surface area contributed by atoms with Crippen LogP contribution < -0.4 is 16.4 Å². The van der Waals surface area contributed by atoms with Gasteiger partial charge in [0.1, 0.15) is 12.1 Å². The lowest BCUT2D eigenvalue weighted by molar-refractivity contribution is -0.144. The molecule has 0 spiro atoms. The van der Waals surface area contributed by atoms with Crippen LogP contribution in [-0.2, 0) is 25.6 Å². The Morgan fingerprint density at radius 3 is 2.61 bits per heavy atom. The molecule has 1 aliphatic rings. The van der Waals surface area contributed by atoms with Crippen LogP contribution in [0.15, 0.2) is 30.3 Å². The number of nitrogens with two attached hydrogens (primary N) is 1. The zero-order valence-electron chi connectivity index (χ0n) is 17.6. The molecule has 0 aromatic heterocycles. The van der Waals surface area contributed by atoms with Gasteiger partial charge in [-0.3, -0.25) is 14.4 Å². The minimum Gasteiger partial charge on any atom is -0.480 e. The first kappa shape index (κ1) is 24.7. The number of hydrogen-bond acceptors (Lipinski definition) is 6. The first-order chi connectivity index (χ1) is 14.8. The highest BCUT2D eigenvalue weighted by atomic mass is 32.2. The Hall–Kier alpha value is -2.59. The number of nitrogens with one attached hydrogen (secondary N) is 2. The highest BCUT2D eigenvalue weighted by Crippen LogP contribution is 2.18. The second-order valence-corrected chi connectivity index (χ2v) is 8.43. The maximum atomic E-state index is 12.8. The summed E-state index contributed by atoms with van der Waals surface area (Å²) >= 11 is 1.58. The summed E-state index contributed by atoms with van der Waals surface area (Å²) in [6.45, 7) is 0.129. The SMILES string of the molecule is CSCCC(N)C(=O)NCC(=O)N1CCCC1C(=O)NC(Cc1ccccc1)C(=O)O. The van der Waals surface area contributed by atoms with Crippen LogP contribution >= 0.6 is 11.8 Å². The van der Waals surface area contributed by atoms with Gasteiger partial charge >= 0.3 is 5.97 Å². The highest BCUT2D eigenvalue weighted by Gasteiger charge is 2.35. The lowest BCUT2D eigenvalue weighted by atomic mass is 10.1. The molecular formula is C21H30N4O5S. The summed E-state index contributed by atoms with van der Waals surface area (Å²) in [5.41, 5.74) is 6.58. The van der Waals surface area contributed by atoms with Gasteiger partial charge < -0.3 is 26.4 Å². The van der Waals surface area contributed by atoms with Gasteiger partial charge in [0.05, 0.1) is 12.6 Å². The third kappa shape index (κ3) is 7.55. The Morgan fingerprint density at radius 1 is 1.26 bits per heavy atom. The number of carbonyl (C=O) groups is 4. The lowest BCUT2D eigenvalue weighted by Crippen LogP contribution is -2.53. The normalized spacial score (nSPS) is 17.6. The van der Waals surface area contributed by atoms with Crippen molar-refractivity contribution in [3.8, 4) is 0 Å². The van der Waals surface area contributed by atoms with Crippen molar-refractivity contribution < 1.29 is 24.3 Å². The zero-order valence-corrected chi connectivity index (χ0v) is 18.4. The predicted molar refractivity (Wildman–Crippen MR) is 118 cm³/mol. The topological polar surface area (TPSA) is 142 Å². The lowest BCUT2D eigenvalue weighted by Gasteiger charge is -2.26. The van der Waals surface area contributed by atoms with Crippen molar-refractivity contribution >= 4 is 35.5 Å². The quantitative estimate of drug-likeness (QED) is 0.371. The van der Waals surface area contributed by atoms with Gasteiger partial charge in [0.25, 0.3) is 0 Å². The van der Waals surface area contributed by atoms with Crippen LogP contribution in [-0.4, -0.2) is 76.9 Å². The minimum absolute atomic E-state index is 0.145. The molecule has 1 aliphatic heterocycles. The second-order valence-electron chi connectivity index (χ2n) is 7.44. The molecule has 3 amide bonds. The molecule has 1 saturated heterocycles. The number of carbonyl (C=O) groups excluding carboxylic acids is 3. The molecule has 0 aliphatic carbocycles. The molecule has 1 fully saturated rings. The molecule has 10 heteroatoms. The fraction of sp³-hybridized carbons (Fsp3) is 0.524. The van der Waals surface area contributed by atoms with Crippen LogP contribution in [0.4, 0.5) is 0 Å². The molecule has 3 atom stereocenters. The molecule has 5 N–H and O–H groups in total. The molecule has 0 radical (unpaired) electrons. The maximum absolute atomic E-state index is 12.8. The van der Waals surface area contributed by atoms with E-state index in [-0.39, 0.29) is 13.0 Å². The van der Waals surface area contributed by atoms with Gasteiger partial charge in [0, 0.05) is 13.0 Å². The van der Waals surface area contributed by atoms with E-state index in [1.165, 1.54) is 4.90 Å². The smallest absolute Gasteiger partial charge is 0.326 e. The molecule has 31 heavy (non-hydrogen) atoms. The van der Waals surface area contributed by atoms with Gasteiger partial charge in [0.15, 0.2) is 0 Å². The van der Waals surface area contributed by atoms with E-state index < -0.39 is 41.8 Å². The van der Waals surface area contributed by atoms with E-state index in [0.29, 0.717) is 25.8 Å². The standard InChI is InChI=1S/C21H30N4O5S/c1-31-11-9-15(22)19(27)23-13-18(26)25-10-5-8-17(25)20(28)24-16(21(29)30)12-14-6-3-2-4-7-14/h2-4,6-7,15-17H,5,8-13,22H2,1H3,(H,23,27)(H,24,28)(H,29,30). The van der Waals surface area contributed by atoms with Crippen LogP contribution in [0.5, 0.6) is 0 Å². The van der Waals surface area contributed by atoms with E-state index in [2.05, 4.69) is 10.6 Å². The summed E-state index contributed by atoms with van der Waals surface area (Å²) in [6.07, 6.45) is 3.64. The van der Waals surface area contributed by atoms with Crippen molar-refractivity contribution in [1.82, 2.24) is 15.5 Å². The molecule has 2 rings (SSSR count). The number of thioether (sulfide) groups is 1. The number of likely N-dealkylation sites (tertiary alicyclic amines) is 1. The molecule has 170 valence electrons. The van der Waals surface area contributed by atoms with E-state index in [1.54, 1.807) is 36.0 Å². The first-order valence-corrected chi connectivity index (χ1v) is 11.6. The average Bonchev–Trinajstić information content (AvgIpc) is 3.25. The van der Waals surface area contributed by atoms with Crippen molar-refractivity contribution in [2.75, 3.05) is 25.1 Å². The van der Waals surface area contributed by atoms with Crippen LogP contribution in [0.1, 0.15) is 24.8 Å². The molecule has 1 heterocycles. The van der Waals surface area contributed by atoms with Crippen molar-refractivity contribution in [2.45, 2.75) is 43.8 Å². The van der Waals surface area contributed by atoms with Crippen molar-refractivity contribution in [3.63, 3.8) is 0 Å². The Morgan fingerprint density at radius 2 is 1.97 bits per heavy atom. The van der Waals surface area contributed by atoms with E-state index >= 15 is 0 Å². The summed E-state index contributed by atoms with van der Waals surface area (Å²) in [4.78, 5) is 50.4. The Kier molecular flexibility index (Phi) is 9.80. The van der Waals surface area contributed by atoms with E-state index in [0.717, 1.165) is 11.3 Å². The minimum atomic E-state index is -1.14. The van der Waals surface area contributed by atoms with Gasteiger partial charge in [-0.15, -0.1) is 0 Å². The molecule has 3 unspecified atom stereocenters. The number of aliphatic carboxylic acids is 1.